The van der Waals surface area contributed by atoms with Crippen molar-refractivity contribution in [3.05, 3.63) is 23.3 Å². The van der Waals surface area contributed by atoms with Crippen molar-refractivity contribution in [3.63, 3.8) is 0 Å². The van der Waals surface area contributed by atoms with Crippen molar-refractivity contribution in [2.75, 3.05) is 13.4 Å². The van der Waals surface area contributed by atoms with Gasteiger partial charge in [0.1, 0.15) is 12.3 Å². The summed E-state index contributed by atoms with van der Waals surface area (Å²) in [6.45, 7) is 8.00. The van der Waals surface area contributed by atoms with Crippen LogP contribution in [0.15, 0.2) is 12.1 Å². The van der Waals surface area contributed by atoms with E-state index in [4.69, 9.17) is 9.47 Å². The van der Waals surface area contributed by atoms with E-state index in [-0.39, 0.29) is 17.9 Å². The molecule has 0 aromatic heterocycles. The van der Waals surface area contributed by atoms with Gasteiger partial charge in [0.2, 0.25) is 10.0 Å². The molecule has 1 N–H and O–H groups in total. The fourth-order valence-corrected chi connectivity index (χ4v) is 5.32. The summed E-state index contributed by atoms with van der Waals surface area (Å²) in [6.07, 6.45) is 1.27. The molecular formula is C20H32FNO4S. The van der Waals surface area contributed by atoms with Gasteiger partial charge in [0.05, 0.1) is 13.4 Å². The van der Waals surface area contributed by atoms with Crippen molar-refractivity contribution in [1.29, 1.82) is 0 Å². The Morgan fingerprint density at radius 2 is 1.85 bits per heavy atom. The van der Waals surface area contributed by atoms with Crippen LogP contribution in [0.25, 0.3) is 0 Å². The summed E-state index contributed by atoms with van der Waals surface area (Å²) in [6, 6.07) is 3.55. The molecule has 3 unspecified atom stereocenters. The highest BCUT2D eigenvalue weighted by Crippen LogP contribution is 2.57. The maximum Gasteiger partial charge on any atom is 0.208 e. The lowest BCUT2D eigenvalue weighted by Gasteiger charge is -2.42. The van der Waals surface area contributed by atoms with Gasteiger partial charge in [-0.05, 0) is 36.8 Å². The van der Waals surface area contributed by atoms with E-state index in [1.165, 1.54) is 6.26 Å². The van der Waals surface area contributed by atoms with Crippen LogP contribution in [-0.4, -0.2) is 40.1 Å². The molecule has 1 aliphatic heterocycles. The molecule has 1 aromatic carbocycles. The van der Waals surface area contributed by atoms with Gasteiger partial charge in [0.25, 0.3) is 0 Å². The number of nitrogens with one attached hydrogen (secondary N) is 1. The minimum Gasteiger partial charge on any atom is -0.493 e. The molecule has 5 atom stereocenters. The largest absolute Gasteiger partial charge is 0.493 e. The summed E-state index contributed by atoms with van der Waals surface area (Å²) < 4.78 is 51.9. The molecule has 5 nitrogen and oxygen atoms in total. The molecule has 2 aliphatic carbocycles. The highest BCUT2D eigenvalue weighted by Gasteiger charge is 2.54. The molecule has 1 aromatic rings. The van der Waals surface area contributed by atoms with Crippen LogP contribution in [0, 0.1) is 5.92 Å². The Kier molecular flexibility index (Phi) is 7.14. The minimum absolute atomic E-state index is 0.0579. The van der Waals surface area contributed by atoms with Crippen molar-refractivity contribution in [1.82, 2.24) is 4.72 Å². The second-order valence-electron chi connectivity index (χ2n) is 6.74. The summed E-state index contributed by atoms with van der Waals surface area (Å²) in [4.78, 5) is 0. The van der Waals surface area contributed by atoms with Gasteiger partial charge in [-0.3, -0.25) is 0 Å². The van der Waals surface area contributed by atoms with Crippen molar-refractivity contribution in [3.8, 4) is 11.5 Å². The molecule has 27 heavy (non-hydrogen) atoms. The first-order valence-electron chi connectivity index (χ1n) is 9.87. The summed E-state index contributed by atoms with van der Waals surface area (Å²) in [5.41, 5.74) is 2.05. The summed E-state index contributed by atoms with van der Waals surface area (Å²) in [5, 5.41) is 0. The maximum absolute atomic E-state index is 14.4. The lowest BCUT2D eigenvalue weighted by atomic mass is 9.65. The zero-order valence-electron chi connectivity index (χ0n) is 17.1. The topological polar surface area (TPSA) is 64.6 Å². The number of hydrogen-bond acceptors (Lipinski definition) is 4. The van der Waals surface area contributed by atoms with E-state index in [2.05, 4.69) is 4.72 Å². The second-order valence-corrected chi connectivity index (χ2v) is 8.52. The van der Waals surface area contributed by atoms with E-state index in [9.17, 15) is 12.8 Å². The van der Waals surface area contributed by atoms with E-state index >= 15 is 0 Å². The first-order valence-corrected chi connectivity index (χ1v) is 11.8. The molecule has 1 fully saturated rings. The number of methoxy groups -OCH3 is 1. The zero-order chi connectivity index (χ0) is 20.4. The Bertz CT molecular complexity index is 753. The highest BCUT2D eigenvalue weighted by atomic mass is 32.2. The zero-order valence-corrected chi connectivity index (χ0v) is 17.9. The van der Waals surface area contributed by atoms with E-state index in [1.54, 1.807) is 7.11 Å². The molecule has 1 heterocycles. The summed E-state index contributed by atoms with van der Waals surface area (Å²) in [7, 11) is -1.74. The normalized spacial score (nSPS) is 30.0. The predicted octanol–water partition coefficient (Wildman–Crippen LogP) is 3.81. The van der Waals surface area contributed by atoms with Crippen LogP contribution >= 0.6 is 0 Å². The third-order valence-corrected chi connectivity index (χ3v) is 6.06. The van der Waals surface area contributed by atoms with Crippen LogP contribution < -0.4 is 14.2 Å². The Morgan fingerprint density at radius 3 is 2.44 bits per heavy atom. The smallest absolute Gasteiger partial charge is 0.208 e. The Balaban J connectivity index is 0.000000614. The molecule has 7 heteroatoms. The number of ether oxygens (including phenoxy) is 2. The van der Waals surface area contributed by atoms with Crippen LogP contribution in [-0.2, 0) is 16.4 Å². The number of halogens is 1. The van der Waals surface area contributed by atoms with E-state index < -0.39 is 22.3 Å². The van der Waals surface area contributed by atoms with Crippen LogP contribution in [0.1, 0.15) is 57.6 Å². The number of alkyl halides is 1. The van der Waals surface area contributed by atoms with Crippen LogP contribution in [0.4, 0.5) is 4.39 Å². The van der Waals surface area contributed by atoms with Crippen molar-refractivity contribution >= 4 is 10.0 Å². The highest BCUT2D eigenvalue weighted by molar-refractivity contribution is 7.88. The van der Waals surface area contributed by atoms with E-state index in [0.717, 1.165) is 11.1 Å². The van der Waals surface area contributed by atoms with E-state index in [0.29, 0.717) is 30.8 Å². The predicted molar refractivity (Wildman–Crippen MR) is 106 cm³/mol. The first-order chi connectivity index (χ1) is 12.9. The van der Waals surface area contributed by atoms with Gasteiger partial charge in [0.15, 0.2) is 11.5 Å². The Labute approximate surface area is 162 Å². The van der Waals surface area contributed by atoms with Crippen molar-refractivity contribution < 1.29 is 22.3 Å². The average molecular weight is 402 g/mol. The quantitative estimate of drug-likeness (QED) is 0.836. The number of rotatable bonds is 3. The Morgan fingerprint density at radius 1 is 1.19 bits per heavy atom. The third kappa shape index (κ3) is 4.09. The summed E-state index contributed by atoms with van der Waals surface area (Å²) in [5.74, 6) is 1.22. The molecule has 0 radical (unpaired) electrons. The number of benzene rings is 1. The molecule has 1 saturated carbocycles. The van der Waals surface area contributed by atoms with Gasteiger partial charge >= 0.3 is 0 Å². The summed E-state index contributed by atoms with van der Waals surface area (Å²) >= 11 is 0. The number of hydrogen-bond donors (Lipinski definition) is 1. The fourth-order valence-electron chi connectivity index (χ4n) is 4.52. The average Bonchev–Trinajstić information content (AvgIpc) is 3.06. The van der Waals surface area contributed by atoms with Gasteiger partial charge in [-0.15, -0.1) is 0 Å². The van der Waals surface area contributed by atoms with Gasteiger partial charge < -0.3 is 9.47 Å². The maximum atomic E-state index is 14.4. The standard InChI is InChI=1S/C16H20FNO4S.2C2H6/c1-21-12-6-3-8-7-11(18-23(2,19)20)9-4-5-10(17)15-14(9)13(8)16(12)22-15;2*1-2/h3,6,9-11,14-15,18H,4-5,7H2,1-2H3;2*1-2H3/t9?,10?,11-,14?,15+;;/m0../s1. The molecule has 0 spiro atoms. The fraction of sp³-hybridized carbons (Fsp3) is 0.700. The monoisotopic (exact) mass is 401 g/mol. The molecule has 154 valence electrons. The molecule has 0 amide bonds. The van der Waals surface area contributed by atoms with Crippen LogP contribution in [0.2, 0.25) is 0 Å². The van der Waals surface area contributed by atoms with Gasteiger partial charge in [0, 0.05) is 17.5 Å². The second kappa shape index (κ2) is 8.78. The Hall–Kier alpha value is -1.34. The van der Waals surface area contributed by atoms with Crippen LogP contribution in [0.3, 0.4) is 0 Å². The minimum atomic E-state index is -3.31. The lowest BCUT2D eigenvalue weighted by Crippen LogP contribution is -2.51. The van der Waals surface area contributed by atoms with Gasteiger partial charge in [-0.25, -0.2) is 17.5 Å². The van der Waals surface area contributed by atoms with Crippen molar-refractivity contribution in [2.24, 2.45) is 5.92 Å². The first kappa shape index (κ1) is 22.0. The molecule has 0 saturated heterocycles. The van der Waals surface area contributed by atoms with E-state index in [1.807, 2.05) is 39.8 Å². The lowest BCUT2D eigenvalue weighted by molar-refractivity contribution is 0.0305. The molecular weight excluding hydrogens is 369 g/mol. The van der Waals surface area contributed by atoms with Gasteiger partial charge in [-0.2, -0.15) is 0 Å². The molecule has 4 rings (SSSR count). The SMILES string of the molecule is CC.CC.COc1ccc2c3c1O[C@@H]1C(F)CCC(C31)[C@@H](NS(C)(=O)=O)C2. The number of sulfonamides is 1. The molecule has 3 aliphatic rings. The van der Waals surface area contributed by atoms with Crippen LogP contribution in [0.5, 0.6) is 11.5 Å². The van der Waals surface area contributed by atoms with Crippen molar-refractivity contribution in [2.45, 2.75) is 71.2 Å². The van der Waals surface area contributed by atoms with Gasteiger partial charge in [-0.1, -0.05) is 33.8 Å². The third-order valence-electron chi connectivity index (χ3n) is 5.33. The molecule has 0 bridgehead atoms.